The van der Waals surface area contributed by atoms with Gasteiger partial charge >= 0.3 is 6.55 Å². The van der Waals surface area contributed by atoms with Crippen molar-refractivity contribution in [1.29, 1.82) is 0 Å². The molecule has 0 bridgehead atoms. The molecule has 0 aliphatic carbocycles. The van der Waals surface area contributed by atoms with Crippen LogP contribution in [0.4, 0.5) is 8.78 Å². The van der Waals surface area contributed by atoms with Gasteiger partial charge in [-0.25, -0.2) is 13.1 Å². The van der Waals surface area contributed by atoms with Gasteiger partial charge in [-0.3, -0.25) is 0 Å². The molecule has 3 rings (SSSR count). The Kier molecular flexibility index (Phi) is 6.93. The van der Waals surface area contributed by atoms with Crippen molar-refractivity contribution >= 4 is 10.0 Å². The average molecular weight is 439 g/mol. The van der Waals surface area contributed by atoms with E-state index in [-0.39, 0.29) is 35.5 Å². The van der Waals surface area contributed by atoms with Gasteiger partial charge in [0.05, 0.1) is 18.4 Å². The van der Waals surface area contributed by atoms with Crippen molar-refractivity contribution in [3.8, 4) is 11.5 Å². The van der Waals surface area contributed by atoms with Crippen molar-refractivity contribution in [2.45, 2.75) is 51.1 Å². The summed E-state index contributed by atoms with van der Waals surface area (Å²) < 4.78 is 59.5. The van der Waals surface area contributed by atoms with Gasteiger partial charge in [-0.05, 0) is 25.5 Å². The Labute approximate surface area is 173 Å². The van der Waals surface area contributed by atoms with E-state index in [2.05, 4.69) is 15.3 Å². The van der Waals surface area contributed by atoms with E-state index in [0.29, 0.717) is 16.7 Å². The number of unbranched alkanes of at least 4 members (excludes halogenated alkanes) is 2. The Morgan fingerprint density at radius 1 is 1.17 bits per heavy atom. The fourth-order valence-electron chi connectivity index (χ4n) is 2.95. The van der Waals surface area contributed by atoms with Crippen molar-refractivity contribution in [1.82, 2.24) is 24.3 Å². The monoisotopic (exact) mass is 439 g/mol. The number of benzene rings is 1. The third-order valence-corrected chi connectivity index (χ3v) is 6.45. The summed E-state index contributed by atoms with van der Waals surface area (Å²) in [4.78, 5) is -0.262. The van der Waals surface area contributed by atoms with Crippen LogP contribution in [0.3, 0.4) is 0 Å². The lowest BCUT2D eigenvalue weighted by Gasteiger charge is -2.20. The van der Waals surface area contributed by atoms with E-state index in [0.717, 1.165) is 19.0 Å². The average Bonchev–Trinajstić information content (AvgIpc) is 3.35. The Bertz CT molecular complexity index is 1070. The summed E-state index contributed by atoms with van der Waals surface area (Å²) >= 11 is 0. The lowest BCUT2D eigenvalue weighted by molar-refractivity contribution is 0.0561. The highest BCUT2D eigenvalue weighted by molar-refractivity contribution is 7.89. The van der Waals surface area contributed by atoms with Gasteiger partial charge in [0, 0.05) is 12.1 Å². The van der Waals surface area contributed by atoms with E-state index in [9.17, 15) is 17.2 Å². The van der Waals surface area contributed by atoms with Crippen LogP contribution in [-0.2, 0) is 16.6 Å². The predicted octanol–water partition coefficient (Wildman–Crippen LogP) is 4.02. The molecule has 0 saturated heterocycles. The number of hydrogen-bond acceptors (Lipinski definition) is 6. The van der Waals surface area contributed by atoms with Crippen LogP contribution in [0.2, 0.25) is 0 Å². The molecule has 8 nitrogen and oxygen atoms in total. The standard InChI is InChI=1S/C19H23F2N5O3S/c1-3-4-8-11-25(30(27,28)16-12-26(19(20)21)24-14(16)2)13-17-22-23-18(29-17)15-9-6-5-7-10-15/h5-7,9-10,12,19H,3-4,8,11,13H2,1-2H3. The highest BCUT2D eigenvalue weighted by Gasteiger charge is 2.30. The molecule has 0 aliphatic heterocycles. The summed E-state index contributed by atoms with van der Waals surface area (Å²) in [6.07, 6.45) is 3.18. The van der Waals surface area contributed by atoms with E-state index in [1.165, 1.54) is 11.2 Å². The Balaban J connectivity index is 1.88. The predicted molar refractivity (Wildman–Crippen MR) is 105 cm³/mol. The number of hydrogen-bond donors (Lipinski definition) is 0. The van der Waals surface area contributed by atoms with E-state index >= 15 is 0 Å². The van der Waals surface area contributed by atoms with Gasteiger partial charge in [-0.1, -0.05) is 38.0 Å². The molecular weight excluding hydrogens is 416 g/mol. The molecule has 2 aromatic heterocycles. The third-order valence-electron chi connectivity index (χ3n) is 4.50. The molecule has 0 radical (unpaired) electrons. The van der Waals surface area contributed by atoms with E-state index in [4.69, 9.17) is 4.42 Å². The molecule has 0 atom stereocenters. The number of halogens is 2. The summed E-state index contributed by atoms with van der Waals surface area (Å²) in [6, 6.07) is 9.10. The van der Waals surface area contributed by atoms with Crippen LogP contribution < -0.4 is 0 Å². The van der Waals surface area contributed by atoms with Crippen molar-refractivity contribution in [3.05, 3.63) is 48.1 Å². The largest absolute Gasteiger partial charge is 0.419 e. The topological polar surface area (TPSA) is 94.1 Å². The lowest BCUT2D eigenvalue weighted by Crippen LogP contribution is -2.32. The maximum atomic E-state index is 13.2. The minimum absolute atomic E-state index is 0.00583. The van der Waals surface area contributed by atoms with Crippen LogP contribution in [0.15, 0.2) is 45.8 Å². The fraction of sp³-hybridized carbons (Fsp3) is 0.421. The number of rotatable bonds is 10. The van der Waals surface area contributed by atoms with Gasteiger partial charge in [0.2, 0.25) is 21.8 Å². The molecular formula is C19H23F2N5O3S. The molecule has 30 heavy (non-hydrogen) atoms. The smallest absolute Gasteiger partial charge is 0.333 e. The van der Waals surface area contributed by atoms with Gasteiger partial charge in [-0.15, -0.1) is 10.2 Å². The number of nitrogens with zero attached hydrogens (tertiary/aromatic N) is 5. The Hall–Kier alpha value is -2.66. The molecule has 11 heteroatoms. The van der Waals surface area contributed by atoms with Crippen LogP contribution in [0.1, 0.15) is 44.3 Å². The molecule has 0 saturated carbocycles. The van der Waals surface area contributed by atoms with Crippen LogP contribution in [-0.4, -0.2) is 39.2 Å². The summed E-state index contributed by atoms with van der Waals surface area (Å²) in [5.41, 5.74) is 0.719. The highest BCUT2D eigenvalue weighted by atomic mass is 32.2. The first-order valence-corrected chi connectivity index (χ1v) is 11.0. The first kappa shape index (κ1) is 22.0. The number of alkyl halides is 2. The maximum Gasteiger partial charge on any atom is 0.333 e. The zero-order valence-corrected chi connectivity index (χ0v) is 17.5. The molecule has 2 heterocycles. The van der Waals surface area contributed by atoms with Crippen LogP contribution >= 0.6 is 0 Å². The van der Waals surface area contributed by atoms with Crippen molar-refractivity contribution in [2.75, 3.05) is 6.54 Å². The van der Waals surface area contributed by atoms with Crippen molar-refractivity contribution < 1.29 is 21.6 Å². The Morgan fingerprint density at radius 3 is 2.53 bits per heavy atom. The second-order valence-electron chi connectivity index (χ2n) is 6.75. The second kappa shape index (κ2) is 9.43. The van der Waals surface area contributed by atoms with Crippen LogP contribution in [0.5, 0.6) is 0 Å². The SMILES string of the molecule is CCCCCN(Cc1nnc(-c2ccccc2)o1)S(=O)(=O)c1cn(C(F)F)nc1C. The lowest BCUT2D eigenvalue weighted by atomic mass is 10.2. The first-order chi connectivity index (χ1) is 14.3. The zero-order chi connectivity index (χ0) is 21.7. The molecule has 0 spiro atoms. The molecule has 3 aromatic rings. The van der Waals surface area contributed by atoms with E-state index < -0.39 is 16.6 Å². The van der Waals surface area contributed by atoms with E-state index in [1.807, 2.05) is 25.1 Å². The second-order valence-corrected chi connectivity index (χ2v) is 8.66. The van der Waals surface area contributed by atoms with Gasteiger partial charge < -0.3 is 4.42 Å². The fourth-order valence-corrected chi connectivity index (χ4v) is 4.53. The van der Waals surface area contributed by atoms with Gasteiger partial charge in [-0.2, -0.15) is 18.2 Å². The van der Waals surface area contributed by atoms with Gasteiger partial charge in [0.1, 0.15) is 4.90 Å². The molecule has 0 amide bonds. The van der Waals surface area contributed by atoms with Gasteiger partial charge in [0.15, 0.2) is 0 Å². The third kappa shape index (κ3) is 4.90. The Morgan fingerprint density at radius 2 is 1.90 bits per heavy atom. The van der Waals surface area contributed by atoms with Crippen LogP contribution in [0.25, 0.3) is 11.5 Å². The summed E-state index contributed by atoms with van der Waals surface area (Å²) in [7, 11) is -4.09. The number of sulfonamides is 1. The minimum atomic E-state index is -4.09. The molecule has 0 unspecified atom stereocenters. The first-order valence-electron chi connectivity index (χ1n) is 9.54. The molecule has 0 aliphatic rings. The summed E-state index contributed by atoms with van der Waals surface area (Å²) in [5.74, 6) is 0.394. The number of aromatic nitrogens is 4. The zero-order valence-electron chi connectivity index (χ0n) is 16.7. The minimum Gasteiger partial charge on any atom is -0.419 e. The molecule has 162 valence electrons. The molecule has 0 N–H and O–H groups in total. The van der Waals surface area contributed by atoms with Crippen LogP contribution in [0, 0.1) is 6.92 Å². The molecule has 0 fully saturated rings. The number of aryl methyl sites for hydroxylation is 1. The quantitative estimate of drug-likeness (QED) is 0.443. The summed E-state index contributed by atoms with van der Waals surface area (Å²) in [6.45, 7) is 0.491. The van der Waals surface area contributed by atoms with Crippen molar-refractivity contribution in [3.63, 3.8) is 0 Å². The van der Waals surface area contributed by atoms with E-state index in [1.54, 1.807) is 12.1 Å². The normalized spacial score (nSPS) is 12.2. The van der Waals surface area contributed by atoms with Gasteiger partial charge in [0.25, 0.3) is 0 Å². The molecule has 1 aromatic carbocycles. The maximum absolute atomic E-state index is 13.2. The highest BCUT2D eigenvalue weighted by Crippen LogP contribution is 2.25. The van der Waals surface area contributed by atoms with Crippen molar-refractivity contribution in [2.24, 2.45) is 0 Å². The summed E-state index contributed by atoms with van der Waals surface area (Å²) in [5, 5.41) is 11.6.